The second-order valence-electron chi connectivity index (χ2n) is 9.88. The molecule has 5 rings (SSSR count). The van der Waals surface area contributed by atoms with Crippen LogP contribution in [-0.2, 0) is 17.7 Å². The highest BCUT2D eigenvalue weighted by Crippen LogP contribution is 2.26. The molecule has 1 unspecified atom stereocenters. The van der Waals surface area contributed by atoms with Crippen LogP contribution < -0.4 is 11.0 Å². The number of carbonyl (C=O) groups is 1. The molecule has 0 spiro atoms. The number of aliphatic hydroxyl groups excluding tert-OH is 1. The predicted octanol–water partition coefficient (Wildman–Crippen LogP) is 4.90. The minimum Gasteiger partial charge on any atom is -0.348 e. The molecule has 0 aliphatic carbocycles. The summed E-state index contributed by atoms with van der Waals surface area (Å²) >= 11 is 0. The van der Waals surface area contributed by atoms with Crippen LogP contribution in [-0.4, -0.2) is 32.7 Å². The molecule has 0 saturated heterocycles. The maximum absolute atomic E-state index is 14.0. The molecule has 204 valence electrons. The number of hydrogen-bond donors (Lipinski definition) is 2. The molecule has 8 heteroatoms. The standard InChI is InChI=1S/C32H32N4O4/c1-4-5-13-29-28(31(38)36(21(3)33-29)25-10-8-9-24(19-25)20(2)37)18-22-14-16-23(17-15-22)26-11-6-7-12-27(26)30-34-32(39)40-35-30/h6-12,14-17,19,32,39H,4-5,13,18H2,1-3H3,(H,34,35). The number of amidine groups is 1. The van der Waals surface area contributed by atoms with E-state index in [-0.39, 0.29) is 11.3 Å². The Hall–Kier alpha value is -4.40. The molecule has 3 aromatic carbocycles. The van der Waals surface area contributed by atoms with Crippen LogP contribution in [0.3, 0.4) is 0 Å². The molecule has 0 fully saturated rings. The highest BCUT2D eigenvalue weighted by molar-refractivity contribution is 6.04. The topological polar surface area (TPSA) is 106 Å². The molecule has 1 aliphatic rings. The van der Waals surface area contributed by atoms with Gasteiger partial charge in [-0.1, -0.05) is 74.0 Å². The van der Waals surface area contributed by atoms with Crippen LogP contribution >= 0.6 is 0 Å². The van der Waals surface area contributed by atoms with E-state index < -0.39 is 6.41 Å². The molecule has 4 aromatic rings. The van der Waals surface area contributed by atoms with Crippen molar-refractivity contribution in [2.45, 2.75) is 52.9 Å². The number of unbranched alkanes of at least 4 members (excludes halogenated alkanes) is 1. The summed E-state index contributed by atoms with van der Waals surface area (Å²) in [6.07, 6.45) is 1.87. The molecule has 0 radical (unpaired) electrons. The van der Waals surface area contributed by atoms with Gasteiger partial charge in [0.25, 0.3) is 12.0 Å². The molecular formula is C32H32N4O4. The lowest BCUT2D eigenvalue weighted by Crippen LogP contribution is -2.28. The van der Waals surface area contributed by atoms with Crippen molar-refractivity contribution in [1.29, 1.82) is 0 Å². The van der Waals surface area contributed by atoms with Gasteiger partial charge in [-0.15, -0.1) is 0 Å². The number of rotatable bonds is 9. The van der Waals surface area contributed by atoms with Crippen molar-refractivity contribution >= 4 is 11.6 Å². The normalized spacial score (nSPS) is 14.6. The largest absolute Gasteiger partial charge is 0.348 e. The number of aliphatic hydroxyl groups is 1. The third kappa shape index (κ3) is 5.64. The highest BCUT2D eigenvalue weighted by Gasteiger charge is 2.20. The zero-order chi connectivity index (χ0) is 28.2. The minimum absolute atomic E-state index is 0.0542. The molecule has 0 saturated carbocycles. The fraction of sp³-hybridized carbons (Fsp3) is 0.250. The number of hydrogen-bond acceptors (Lipinski definition) is 7. The molecule has 2 N–H and O–H groups in total. The number of Topliss-reactive ketones (excluding diaryl/α,β-unsaturated/α-hetero) is 1. The van der Waals surface area contributed by atoms with Gasteiger partial charge in [-0.05, 0) is 55.5 Å². The summed E-state index contributed by atoms with van der Waals surface area (Å²) in [5, 5.41) is 9.63. The van der Waals surface area contributed by atoms with Crippen LogP contribution in [0.4, 0.5) is 0 Å². The Morgan fingerprint density at radius 1 is 1.05 bits per heavy atom. The molecule has 0 amide bonds. The Bertz CT molecular complexity index is 1640. The van der Waals surface area contributed by atoms with E-state index in [1.165, 1.54) is 6.92 Å². The quantitative estimate of drug-likeness (QED) is 0.295. The smallest absolute Gasteiger partial charge is 0.280 e. The number of ketones is 1. The lowest BCUT2D eigenvalue weighted by molar-refractivity contribution is -0.102. The van der Waals surface area contributed by atoms with E-state index in [1.807, 2.05) is 61.5 Å². The summed E-state index contributed by atoms with van der Waals surface area (Å²) < 4.78 is 1.60. The van der Waals surface area contributed by atoms with Gasteiger partial charge < -0.3 is 5.11 Å². The van der Waals surface area contributed by atoms with Crippen LogP contribution in [0.25, 0.3) is 16.8 Å². The molecule has 40 heavy (non-hydrogen) atoms. The van der Waals surface area contributed by atoms with Crippen molar-refractivity contribution in [3.05, 3.63) is 117 Å². The van der Waals surface area contributed by atoms with Crippen molar-refractivity contribution in [2.75, 3.05) is 0 Å². The van der Waals surface area contributed by atoms with Crippen molar-refractivity contribution in [2.24, 2.45) is 4.99 Å². The zero-order valence-corrected chi connectivity index (χ0v) is 22.8. The lowest BCUT2D eigenvalue weighted by Gasteiger charge is -2.16. The van der Waals surface area contributed by atoms with Crippen LogP contribution in [0.5, 0.6) is 0 Å². The maximum atomic E-state index is 14.0. The van der Waals surface area contributed by atoms with Crippen molar-refractivity contribution in [3.63, 3.8) is 0 Å². The van der Waals surface area contributed by atoms with E-state index in [0.717, 1.165) is 47.2 Å². The Morgan fingerprint density at radius 2 is 1.80 bits per heavy atom. The van der Waals surface area contributed by atoms with Gasteiger partial charge in [0, 0.05) is 23.1 Å². The lowest BCUT2D eigenvalue weighted by atomic mass is 9.96. The fourth-order valence-electron chi connectivity index (χ4n) is 4.96. The fourth-order valence-corrected chi connectivity index (χ4v) is 4.96. The number of aliphatic imine (C=N–C) groups is 1. The number of nitrogens with zero attached hydrogens (tertiary/aromatic N) is 3. The molecule has 0 bridgehead atoms. The van der Waals surface area contributed by atoms with E-state index in [0.29, 0.717) is 34.9 Å². The van der Waals surface area contributed by atoms with Gasteiger partial charge >= 0.3 is 0 Å². The SMILES string of the molecule is CCCCc1nc(C)n(-c2cccc(C(C)=O)c2)c(=O)c1Cc1ccc(-c2ccccc2C2=NC(O)ON2)cc1. The number of benzene rings is 3. The summed E-state index contributed by atoms with van der Waals surface area (Å²) in [4.78, 5) is 39.9. The van der Waals surface area contributed by atoms with Crippen LogP contribution in [0.15, 0.2) is 82.6 Å². The number of nitrogens with one attached hydrogen (secondary N) is 1. The average Bonchev–Trinajstić information content (AvgIpc) is 3.40. The Labute approximate surface area is 233 Å². The second-order valence-corrected chi connectivity index (χ2v) is 9.88. The first kappa shape index (κ1) is 27.2. The van der Waals surface area contributed by atoms with Gasteiger partial charge in [-0.25, -0.2) is 20.3 Å². The van der Waals surface area contributed by atoms with Crippen LogP contribution in [0, 0.1) is 6.92 Å². The third-order valence-corrected chi connectivity index (χ3v) is 7.04. The number of aromatic nitrogens is 2. The molecule has 1 atom stereocenters. The second kappa shape index (κ2) is 11.8. The average molecular weight is 537 g/mol. The summed E-state index contributed by atoms with van der Waals surface area (Å²) in [5.74, 6) is 1.01. The van der Waals surface area contributed by atoms with E-state index in [2.05, 4.69) is 17.4 Å². The van der Waals surface area contributed by atoms with E-state index >= 15 is 0 Å². The molecule has 1 aliphatic heterocycles. The van der Waals surface area contributed by atoms with Crippen LogP contribution in [0.1, 0.15) is 65.3 Å². The zero-order valence-electron chi connectivity index (χ0n) is 22.8. The molecule has 1 aromatic heterocycles. The van der Waals surface area contributed by atoms with Crippen molar-refractivity contribution < 1.29 is 14.7 Å². The monoisotopic (exact) mass is 536 g/mol. The van der Waals surface area contributed by atoms with Gasteiger partial charge in [0.05, 0.1) is 11.4 Å². The minimum atomic E-state index is -1.23. The van der Waals surface area contributed by atoms with Gasteiger partial charge in [0.15, 0.2) is 11.6 Å². The number of hydroxylamine groups is 1. The first-order valence-electron chi connectivity index (χ1n) is 13.4. The van der Waals surface area contributed by atoms with Gasteiger partial charge in [0.2, 0.25) is 0 Å². The first-order valence-corrected chi connectivity index (χ1v) is 13.4. The Kier molecular flexibility index (Phi) is 8.00. The molecular weight excluding hydrogens is 504 g/mol. The highest BCUT2D eigenvalue weighted by atomic mass is 16.7. The Morgan fingerprint density at radius 3 is 2.48 bits per heavy atom. The van der Waals surface area contributed by atoms with Crippen LogP contribution in [0.2, 0.25) is 0 Å². The van der Waals surface area contributed by atoms with Gasteiger partial charge in [0.1, 0.15) is 5.82 Å². The third-order valence-electron chi connectivity index (χ3n) is 7.04. The summed E-state index contributed by atoms with van der Waals surface area (Å²) in [5.41, 5.74) is 8.94. The number of carbonyl (C=O) groups excluding carboxylic acids is 1. The number of aryl methyl sites for hydroxylation is 2. The summed E-state index contributed by atoms with van der Waals surface area (Å²) in [7, 11) is 0. The van der Waals surface area contributed by atoms with E-state index in [1.54, 1.807) is 22.8 Å². The molecule has 8 nitrogen and oxygen atoms in total. The summed E-state index contributed by atoms with van der Waals surface area (Å²) in [6.45, 7) is 5.47. The van der Waals surface area contributed by atoms with Gasteiger partial charge in [-0.2, -0.15) is 0 Å². The summed E-state index contributed by atoms with van der Waals surface area (Å²) in [6, 6.07) is 22.9. The molecule has 2 heterocycles. The van der Waals surface area contributed by atoms with Gasteiger partial charge in [-0.3, -0.25) is 14.2 Å². The Balaban J connectivity index is 1.51. The van der Waals surface area contributed by atoms with Crippen molar-refractivity contribution in [1.82, 2.24) is 15.0 Å². The first-order chi connectivity index (χ1) is 19.4. The maximum Gasteiger partial charge on any atom is 0.280 e. The van der Waals surface area contributed by atoms with Crippen molar-refractivity contribution in [3.8, 4) is 16.8 Å². The predicted molar refractivity (Wildman–Crippen MR) is 155 cm³/mol. The van der Waals surface area contributed by atoms with E-state index in [9.17, 15) is 14.7 Å². The van der Waals surface area contributed by atoms with E-state index in [4.69, 9.17) is 9.82 Å².